The molecule has 4 rings (SSSR count). The van der Waals surface area contributed by atoms with Gasteiger partial charge in [0.1, 0.15) is 12.4 Å². The molecule has 0 aliphatic carbocycles. The number of benzene rings is 2. The summed E-state index contributed by atoms with van der Waals surface area (Å²) >= 11 is 0. The van der Waals surface area contributed by atoms with Crippen molar-refractivity contribution in [2.45, 2.75) is 39.3 Å². The summed E-state index contributed by atoms with van der Waals surface area (Å²) in [6.45, 7) is 6.62. The van der Waals surface area contributed by atoms with Gasteiger partial charge in [0.2, 0.25) is 5.91 Å². The highest BCUT2D eigenvalue weighted by molar-refractivity contribution is 5.95. The van der Waals surface area contributed by atoms with E-state index in [0.29, 0.717) is 30.9 Å². The lowest BCUT2D eigenvalue weighted by Crippen LogP contribution is -2.55. The van der Waals surface area contributed by atoms with E-state index in [-0.39, 0.29) is 11.9 Å². The monoisotopic (exact) mass is 476 g/mol. The number of likely N-dealkylation sites (tertiary alicyclic amines) is 1. The molecule has 8 heteroatoms. The molecule has 2 heterocycles. The third-order valence-corrected chi connectivity index (χ3v) is 6.44. The Bertz CT molecular complexity index is 1180. The van der Waals surface area contributed by atoms with Crippen LogP contribution in [0.2, 0.25) is 0 Å². The zero-order valence-electron chi connectivity index (χ0n) is 20.2. The maximum atomic E-state index is 12.9. The normalized spacial score (nSPS) is 18.3. The third kappa shape index (κ3) is 5.96. The molecule has 0 saturated carbocycles. The summed E-state index contributed by atoms with van der Waals surface area (Å²) in [5, 5.41) is 13.2. The van der Waals surface area contributed by atoms with Crippen molar-refractivity contribution in [1.82, 2.24) is 20.7 Å². The number of hydrogen-bond acceptors (Lipinski definition) is 6. The van der Waals surface area contributed by atoms with E-state index in [1.54, 1.807) is 29.7 Å². The van der Waals surface area contributed by atoms with E-state index in [1.165, 1.54) is 0 Å². The first-order valence-electron chi connectivity index (χ1n) is 12.0. The van der Waals surface area contributed by atoms with E-state index in [9.17, 15) is 9.59 Å². The standard InChI is InChI=1S/C27H32N4O4/c1-3-13-31-14-12-25(23(16-31)27(33)30-34)29-26(32)19-8-10-21(11-9-19)35-17-20-15-18(2)28-24-7-5-4-6-22(20)24/h4-11,15,23,25,34H,3,12-14,16-17H2,1-2H3,(H,29,32)(H,30,33)/t23-,25+/m0/s1. The fourth-order valence-electron chi connectivity index (χ4n) is 4.69. The van der Waals surface area contributed by atoms with Crippen LogP contribution in [0.15, 0.2) is 54.6 Å². The van der Waals surface area contributed by atoms with E-state index >= 15 is 0 Å². The van der Waals surface area contributed by atoms with E-state index < -0.39 is 11.8 Å². The highest BCUT2D eigenvalue weighted by Gasteiger charge is 2.35. The van der Waals surface area contributed by atoms with Crippen LogP contribution in [-0.4, -0.2) is 52.6 Å². The van der Waals surface area contributed by atoms with Crippen LogP contribution in [-0.2, 0) is 11.4 Å². The Morgan fingerprint density at radius 1 is 1.17 bits per heavy atom. The molecule has 1 fully saturated rings. The molecule has 1 saturated heterocycles. The molecule has 0 unspecified atom stereocenters. The molecule has 184 valence electrons. The Kier molecular flexibility index (Phi) is 7.94. The van der Waals surface area contributed by atoms with Gasteiger partial charge in [-0.3, -0.25) is 19.8 Å². The Labute approximate surface area is 205 Å². The number of aryl methyl sites for hydroxylation is 1. The predicted octanol–water partition coefficient (Wildman–Crippen LogP) is 3.46. The minimum atomic E-state index is -0.509. The van der Waals surface area contributed by atoms with Crippen molar-refractivity contribution in [1.29, 1.82) is 0 Å². The molecule has 2 amide bonds. The van der Waals surface area contributed by atoms with Gasteiger partial charge in [-0.15, -0.1) is 0 Å². The van der Waals surface area contributed by atoms with Gasteiger partial charge in [0.25, 0.3) is 5.91 Å². The maximum absolute atomic E-state index is 12.9. The zero-order chi connectivity index (χ0) is 24.8. The van der Waals surface area contributed by atoms with E-state index in [1.807, 2.05) is 37.3 Å². The number of carbonyl (C=O) groups is 2. The number of rotatable bonds is 8. The fourth-order valence-corrected chi connectivity index (χ4v) is 4.69. The lowest BCUT2D eigenvalue weighted by Gasteiger charge is -2.37. The Hall–Kier alpha value is -3.49. The molecule has 0 bridgehead atoms. The highest BCUT2D eigenvalue weighted by atomic mass is 16.5. The summed E-state index contributed by atoms with van der Waals surface area (Å²) in [5.74, 6) is -0.577. The number of piperidine rings is 1. The summed E-state index contributed by atoms with van der Waals surface area (Å²) in [5.41, 5.74) is 5.16. The van der Waals surface area contributed by atoms with Crippen molar-refractivity contribution in [3.63, 3.8) is 0 Å². The van der Waals surface area contributed by atoms with Crippen molar-refractivity contribution in [3.8, 4) is 5.75 Å². The van der Waals surface area contributed by atoms with Gasteiger partial charge in [-0.1, -0.05) is 25.1 Å². The van der Waals surface area contributed by atoms with Gasteiger partial charge >= 0.3 is 0 Å². The number of hydroxylamine groups is 1. The van der Waals surface area contributed by atoms with Crippen LogP contribution >= 0.6 is 0 Å². The van der Waals surface area contributed by atoms with Crippen molar-refractivity contribution in [3.05, 3.63) is 71.4 Å². The molecular formula is C27H32N4O4. The number of hydrogen-bond donors (Lipinski definition) is 3. The van der Waals surface area contributed by atoms with Gasteiger partial charge in [-0.25, -0.2) is 5.48 Å². The summed E-state index contributed by atoms with van der Waals surface area (Å²) < 4.78 is 5.99. The summed E-state index contributed by atoms with van der Waals surface area (Å²) in [7, 11) is 0. The van der Waals surface area contributed by atoms with Crippen LogP contribution in [0.3, 0.4) is 0 Å². The van der Waals surface area contributed by atoms with Crippen LogP contribution in [0, 0.1) is 12.8 Å². The molecule has 2 aromatic carbocycles. The summed E-state index contributed by atoms with van der Waals surface area (Å²) in [4.78, 5) is 31.9. The molecule has 2 atom stereocenters. The number of ether oxygens (including phenoxy) is 1. The van der Waals surface area contributed by atoms with Gasteiger partial charge in [-0.2, -0.15) is 0 Å². The zero-order valence-corrected chi connectivity index (χ0v) is 20.2. The number of nitrogens with one attached hydrogen (secondary N) is 2. The number of carbonyl (C=O) groups excluding carboxylic acids is 2. The number of para-hydroxylation sites is 1. The molecule has 1 aliphatic heterocycles. The number of aromatic nitrogens is 1. The average molecular weight is 477 g/mol. The SMILES string of the molecule is CCCN1CC[C@@H](NC(=O)c2ccc(OCc3cc(C)nc4ccccc34)cc2)[C@@H](C(=O)NO)C1. The average Bonchev–Trinajstić information content (AvgIpc) is 2.88. The summed E-state index contributed by atoms with van der Waals surface area (Å²) in [6.07, 6.45) is 1.63. The molecule has 3 aromatic rings. The first-order chi connectivity index (χ1) is 17.0. The molecule has 0 spiro atoms. The molecule has 8 nitrogen and oxygen atoms in total. The van der Waals surface area contributed by atoms with Crippen molar-refractivity contribution >= 4 is 22.7 Å². The third-order valence-electron chi connectivity index (χ3n) is 6.44. The first-order valence-corrected chi connectivity index (χ1v) is 12.0. The second-order valence-electron chi connectivity index (χ2n) is 9.00. The molecule has 1 aromatic heterocycles. The lowest BCUT2D eigenvalue weighted by molar-refractivity contribution is -0.136. The van der Waals surface area contributed by atoms with Crippen LogP contribution in [0.4, 0.5) is 0 Å². The first kappa shape index (κ1) is 24.6. The molecule has 1 aliphatic rings. The molecule has 35 heavy (non-hydrogen) atoms. The maximum Gasteiger partial charge on any atom is 0.251 e. The summed E-state index contributed by atoms with van der Waals surface area (Å²) in [6, 6.07) is 16.6. The van der Waals surface area contributed by atoms with Crippen molar-refractivity contribution in [2.75, 3.05) is 19.6 Å². The minimum absolute atomic E-state index is 0.253. The van der Waals surface area contributed by atoms with Crippen LogP contribution in [0.1, 0.15) is 41.4 Å². The number of fused-ring (bicyclic) bond motifs is 1. The number of nitrogens with zero attached hydrogens (tertiary/aromatic N) is 2. The second kappa shape index (κ2) is 11.3. The minimum Gasteiger partial charge on any atom is -0.489 e. The Morgan fingerprint density at radius 2 is 1.94 bits per heavy atom. The number of pyridine rings is 1. The van der Waals surface area contributed by atoms with Gasteiger partial charge in [-0.05, 0) is 62.7 Å². The van der Waals surface area contributed by atoms with Crippen LogP contribution in [0.5, 0.6) is 5.75 Å². The van der Waals surface area contributed by atoms with E-state index in [0.717, 1.165) is 41.7 Å². The number of amides is 2. The smallest absolute Gasteiger partial charge is 0.251 e. The van der Waals surface area contributed by atoms with Gasteiger partial charge in [0.15, 0.2) is 0 Å². The predicted molar refractivity (Wildman–Crippen MR) is 133 cm³/mol. The molecular weight excluding hydrogens is 444 g/mol. The second-order valence-corrected chi connectivity index (χ2v) is 9.00. The molecule has 3 N–H and O–H groups in total. The topological polar surface area (TPSA) is 104 Å². The largest absolute Gasteiger partial charge is 0.489 e. The van der Waals surface area contributed by atoms with Gasteiger partial charge in [0, 0.05) is 41.3 Å². The van der Waals surface area contributed by atoms with Crippen LogP contribution in [0.25, 0.3) is 10.9 Å². The van der Waals surface area contributed by atoms with Crippen LogP contribution < -0.4 is 15.5 Å². The fraction of sp³-hybridized carbons (Fsp3) is 0.370. The Morgan fingerprint density at radius 3 is 2.69 bits per heavy atom. The highest BCUT2D eigenvalue weighted by Crippen LogP contribution is 2.22. The van der Waals surface area contributed by atoms with Crippen molar-refractivity contribution in [2.24, 2.45) is 5.92 Å². The lowest BCUT2D eigenvalue weighted by atomic mass is 9.91. The van der Waals surface area contributed by atoms with Gasteiger partial charge in [0.05, 0.1) is 11.4 Å². The van der Waals surface area contributed by atoms with Crippen molar-refractivity contribution < 1.29 is 19.5 Å². The molecule has 0 radical (unpaired) electrons. The van der Waals surface area contributed by atoms with E-state index in [4.69, 9.17) is 9.94 Å². The van der Waals surface area contributed by atoms with E-state index in [2.05, 4.69) is 22.1 Å². The Balaban J connectivity index is 1.39. The van der Waals surface area contributed by atoms with Gasteiger partial charge < -0.3 is 15.0 Å². The quantitative estimate of drug-likeness (QED) is 0.340.